The van der Waals surface area contributed by atoms with Gasteiger partial charge in [0.05, 0.1) is 6.04 Å². The van der Waals surface area contributed by atoms with E-state index in [0.29, 0.717) is 11.8 Å². The van der Waals surface area contributed by atoms with Crippen LogP contribution in [0, 0.1) is 11.7 Å². The molecule has 0 amide bonds. The molecule has 1 aliphatic carbocycles. The molecule has 2 aromatic carbocycles. The fraction of sp³-hybridized carbons (Fsp3) is 0.300. The van der Waals surface area contributed by atoms with E-state index in [1.807, 2.05) is 12.1 Å². The van der Waals surface area contributed by atoms with Crippen molar-refractivity contribution in [1.82, 2.24) is 0 Å². The lowest BCUT2D eigenvalue weighted by molar-refractivity contribution is 0.423. The molecule has 2 heteroatoms. The van der Waals surface area contributed by atoms with Crippen LogP contribution >= 0.6 is 0 Å². The van der Waals surface area contributed by atoms with E-state index in [-0.39, 0.29) is 11.9 Å². The summed E-state index contributed by atoms with van der Waals surface area (Å²) in [5.74, 6) is 0.758. The van der Waals surface area contributed by atoms with Gasteiger partial charge in [0.15, 0.2) is 0 Å². The predicted octanol–water partition coefficient (Wildman–Crippen LogP) is 5.21. The van der Waals surface area contributed by atoms with Crippen molar-refractivity contribution < 1.29 is 4.39 Å². The number of hydrogen-bond donors (Lipinski definition) is 1. The molecule has 22 heavy (non-hydrogen) atoms. The van der Waals surface area contributed by atoms with Gasteiger partial charge >= 0.3 is 0 Å². The zero-order chi connectivity index (χ0) is 15.1. The minimum atomic E-state index is -0.156. The average Bonchev–Trinajstić information content (AvgIpc) is 3.03. The van der Waals surface area contributed by atoms with Crippen LogP contribution in [0.2, 0.25) is 0 Å². The van der Waals surface area contributed by atoms with Crippen molar-refractivity contribution in [3.05, 3.63) is 77.1 Å². The van der Waals surface area contributed by atoms with E-state index < -0.39 is 0 Å². The first-order valence-corrected chi connectivity index (χ1v) is 8.08. The van der Waals surface area contributed by atoms with Crippen molar-refractivity contribution >= 4 is 5.69 Å². The topological polar surface area (TPSA) is 12.0 Å². The second kappa shape index (κ2) is 5.28. The van der Waals surface area contributed by atoms with Gasteiger partial charge in [-0.15, -0.1) is 0 Å². The van der Waals surface area contributed by atoms with Crippen molar-refractivity contribution in [1.29, 1.82) is 0 Å². The molecule has 0 spiro atoms. The van der Waals surface area contributed by atoms with Gasteiger partial charge in [-0.05, 0) is 47.6 Å². The molecular weight excluding hydrogens is 273 g/mol. The van der Waals surface area contributed by atoms with E-state index >= 15 is 0 Å². The largest absolute Gasteiger partial charge is 0.377 e. The Morgan fingerprint density at radius 1 is 1.18 bits per heavy atom. The van der Waals surface area contributed by atoms with Crippen molar-refractivity contribution in [2.45, 2.75) is 31.7 Å². The SMILES string of the molecule is CCc1cccc2c1N[C@H](c1cccc(F)c1)[C@@H]1CC=C[C@@H]21. The fourth-order valence-electron chi connectivity index (χ4n) is 4.01. The zero-order valence-electron chi connectivity index (χ0n) is 12.7. The maximum Gasteiger partial charge on any atom is 0.123 e. The van der Waals surface area contributed by atoms with Crippen molar-refractivity contribution in [2.75, 3.05) is 5.32 Å². The van der Waals surface area contributed by atoms with Gasteiger partial charge in [0.2, 0.25) is 0 Å². The van der Waals surface area contributed by atoms with E-state index in [9.17, 15) is 4.39 Å². The van der Waals surface area contributed by atoms with Gasteiger partial charge in [0.1, 0.15) is 5.82 Å². The normalized spacial score (nSPS) is 25.5. The quantitative estimate of drug-likeness (QED) is 0.749. The predicted molar refractivity (Wildman–Crippen MR) is 88.6 cm³/mol. The van der Waals surface area contributed by atoms with Crippen LogP contribution in [-0.2, 0) is 6.42 Å². The van der Waals surface area contributed by atoms with Crippen LogP contribution in [0.5, 0.6) is 0 Å². The van der Waals surface area contributed by atoms with E-state index in [0.717, 1.165) is 18.4 Å². The second-order valence-electron chi connectivity index (χ2n) is 6.27. The van der Waals surface area contributed by atoms with Crippen LogP contribution < -0.4 is 5.32 Å². The number of allylic oxidation sites excluding steroid dienone is 2. The number of halogens is 1. The molecule has 112 valence electrons. The third-order valence-corrected chi connectivity index (χ3v) is 5.07. The number of fused-ring (bicyclic) bond motifs is 3. The molecular formula is C20H20FN. The summed E-state index contributed by atoms with van der Waals surface area (Å²) in [7, 11) is 0. The Balaban J connectivity index is 1.83. The molecule has 1 heterocycles. The van der Waals surface area contributed by atoms with Crippen molar-refractivity contribution in [3.63, 3.8) is 0 Å². The first-order chi connectivity index (χ1) is 10.8. The summed E-state index contributed by atoms with van der Waals surface area (Å²) in [6.45, 7) is 2.19. The molecule has 0 saturated heterocycles. The molecule has 3 atom stereocenters. The van der Waals surface area contributed by atoms with E-state index in [1.165, 1.54) is 22.9 Å². The van der Waals surface area contributed by atoms with Crippen LogP contribution in [0.15, 0.2) is 54.6 Å². The van der Waals surface area contributed by atoms with Gasteiger partial charge in [-0.3, -0.25) is 0 Å². The highest BCUT2D eigenvalue weighted by atomic mass is 19.1. The monoisotopic (exact) mass is 293 g/mol. The van der Waals surface area contributed by atoms with E-state index in [4.69, 9.17) is 0 Å². The highest BCUT2D eigenvalue weighted by molar-refractivity contribution is 5.64. The number of para-hydroxylation sites is 1. The molecule has 0 aromatic heterocycles. The molecule has 0 bridgehead atoms. The summed E-state index contributed by atoms with van der Waals surface area (Å²) in [4.78, 5) is 0. The van der Waals surface area contributed by atoms with Crippen LogP contribution in [0.25, 0.3) is 0 Å². The Bertz CT molecular complexity index is 734. The molecule has 0 fully saturated rings. The van der Waals surface area contributed by atoms with Crippen LogP contribution in [-0.4, -0.2) is 0 Å². The molecule has 2 aliphatic rings. The Morgan fingerprint density at radius 2 is 2.05 bits per heavy atom. The van der Waals surface area contributed by atoms with Gasteiger partial charge in [-0.1, -0.05) is 49.4 Å². The lowest BCUT2D eigenvalue weighted by Gasteiger charge is -2.38. The molecule has 1 aliphatic heterocycles. The van der Waals surface area contributed by atoms with E-state index in [2.05, 4.69) is 42.6 Å². The van der Waals surface area contributed by atoms with Gasteiger partial charge in [-0.25, -0.2) is 4.39 Å². The van der Waals surface area contributed by atoms with Crippen molar-refractivity contribution in [3.8, 4) is 0 Å². The minimum absolute atomic E-state index is 0.156. The molecule has 0 radical (unpaired) electrons. The molecule has 0 saturated carbocycles. The Morgan fingerprint density at radius 3 is 2.86 bits per heavy atom. The van der Waals surface area contributed by atoms with Gasteiger partial charge < -0.3 is 5.32 Å². The summed E-state index contributed by atoms with van der Waals surface area (Å²) in [6.07, 6.45) is 6.66. The number of benzene rings is 2. The molecule has 0 unspecified atom stereocenters. The Labute approximate surface area is 130 Å². The van der Waals surface area contributed by atoms with Crippen LogP contribution in [0.4, 0.5) is 10.1 Å². The number of aryl methyl sites for hydroxylation is 1. The van der Waals surface area contributed by atoms with Gasteiger partial charge in [0, 0.05) is 11.6 Å². The smallest absolute Gasteiger partial charge is 0.123 e. The lowest BCUT2D eigenvalue weighted by Crippen LogP contribution is -2.29. The summed E-state index contributed by atoms with van der Waals surface area (Å²) in [5.41, 5.74) is 5.05. The average molecular weight is 293 g/mol. The molecule has 1 N–H and O–H groups in total. The standard InChI is InChI=1S/C20H20FN/c1-2-13-6-4-10-17-16-9-5-11-18(16)20(22-19(13)17)14-7-3-8-15(21)12-14/h3-10,12,16,18,20,22H,2,11H2,1H3/t16-,18+,20+/m0/s1. The highest BCUT2D eigenvalue weighted by Crippen LogP contribution is 2.50. The number of anilines is 1. The summed E-state index contributed by atoms with van der Waals surface area (Å²) < 4.78 is 13.7. The second-order valence-corrected chi connectivity index (χ2v) is 6.27. The third-order valence-electron chi connectivity index (χ3n) is 5.07. The van der Waals surface area contributed by atoms with Crippen molar-refractivity contribution in [2.24, 2.45) is 5.92 Å². The maximum atomic E-state index is 13.7. The van der Waals surface area contributed by atoms with Crippen LogP contribution in [0.1, 0.15) is 42.0 Å². The molecule has 1 nitrogen and oxygen atoms in total. The first kappa shape index (κ1) is 13.6. The Kier molecular flexibility index (Phi) is 3.25. The minimum Gasteiger partial charge on any atom is -0.377 e. The number of hydrogen-bond acceptors (Lipinski definition) is 1. The zero-order valence-corrected chi connectivity index (χ0v) is 12.7. The van der Waals surface area contributed by atoms with Crippen LogP contribution in [0.3, 0.4) is 0 Å². The number of rotatable bonds is 2. The summed E-state index contributed by atoms with van der Waals surface area (Å²) in [6, 6.07) is 13.8. The first-order valence-electron chi connectivity index (χ1n) is 8.08. The molecule has 2 aromatic rings. The Hall–Kier alpha value is -2.09. The lowest BCUT2D eigenvalue weighted by atomic mass is 9.76. The third kappa shape index (κ3) is 2.06. The summed E-state index contributed by atoms with van der Waals surface area (Å²) in [5, 5.41) is 3.72. The van der Waals surface area contributed by atoms with E-state index in [1.54, 1.807) is 6.07 Å². The highest BCUT2D eigenvalue weighted by Gasteiger charge is 2.38. The maximum absolute atomic E-state index is 13.7. The fourth-order valence-corrected chi connectivity index (χ4v) is 4.01. The summed E-state index contributed by atoms with van der Waals surface area (Å²) >= 11 is 0. The molecule has 4 rings (SSSR count). The van der Waals surface area contributed by atoms with Gasteiger partial charge in [0.25, 0.3) is 0 Å². The van der Waals surface area contributed by atoms with Gasteiger partial charge in [-0.2, -0.15) is 0 Å². The number of nitrogens with one attached hydrogen (secondary N) is 1.